The fourth-order valence-electron chi connectivity index (χ4n) is 4.07. The van der Waals surface area contributed by atoms with E-state index in [1.165, 1.54) is 21.1 Å². The smallest absolute Gasteiger partial charge is 0.330 e. The maximum atomic E-state index is 12.6. The Labute approximate surface area is 189 Å². The van der Waals surface area contributed by atoms with Gasteiger partial charge in [0.15, 0.2) is 0 Å². The zero-order chi connectivity index (χ0) is 23.2. The third-order valence-corrected chi connectivity index (χ3v) is 7.95. The maximum absolute atomic E-state index is 12.6. The molecular formula is C22H23N5O5S. The lowest BCUT2D eigenvalue weighted by molar-refractivity contribution is 0.0950. The molecule has 172 valence electrons. The highest BCUT2D eigenvalue weighted by Crippen LogP contribution is 2.34. The van der Waals surface area contributed by atoms with Crippen LogP contribution in [0, 0.1) is 0 Å². The second kappa shape index (κ2) is 8.23. The minimum Gasteiger partial charge on any atom is -0.348 e. The Bertz CT molecular complexity index is 1450. The van der Waals surface area contributed by atoms with E-state index in [0.29, 0.717) is 13.1 Å². The van der Waals surface area contributed by atoms with Gasteiger partial charge in [0, 0.05) is 31.9 Å². The molecule has 2 N–H and O–H groups in total. The van der Waals surface area contributed by atoms with Crippen LogP contribution in [0.2, 0.25) is 0 Å². The number of amides is 1. The summed E-state index contributed by atoms with van der Waals surface area (Å²) in [5, 5.41) is 2.94. The van der Waals surface area contributed by atoms with Crippen LogP contribution >= 0.6 is 0 Å². The number of sulfonamides is 1. The van der Waals surface area contributed by atoms with Gasteiger partial charge in [-0.05, 0) is 49.4 Å². The second-order valence-corrected chi connectivity index (χ2v) is 10.3. The zero-order valence-electron chi connectivity index (χ0n) is 17.8. The van der Waals surface area contributed by atoms with E-state index in [2.05, 4.69) is 15.3 Å². The predicted molar refractivity (Wildman–Crippen MR) is 120 cm³/mol. The molecule has 1 aliphatic carbocycles. The molecule has 0 bridgehead atoms. The molecule has 2 aliphatic rings. The first-order valence-corrected chi connectivity index (χ1v) is 12.3. The van der Waals surface area contributed by atoms with Crippen LogP contribution in [0.4, 0.5) is 0 Å². The molecule has 1 saturated heterocycles. The highest BCUT2D eigenvalue weighted by molar-refractivity contribution is 7.89. The normalized spacial score (nSPS) is 16.8. The number of nitrogens with zero attached hydrogens (tertiary/aromatic N) is 3. The zero-order valence-corrected chi connectivity index (χ0v) is 18.6. The lowest BCUT2D eigenvalue weighted by Gasteiger charge is -2.15. The van der Waals surface area contributed by atoms with Crippen molar-refractivity contribution in [2.24, 2.45) is 0 Å². The largest absolute Gasteiger partial charge is 0.348 e. The van der Waals surface area contributed by atoms with E-state index in [0.717, 1.165) is 31.2 Å². The molecule has 0 unspecified atom stereocenters. The minimum atomic E-state index is -3.48. The van der Waals surface area contributed by atoms with Crippen LogP contribution in [0.5, 0.6) is 0 Å². The van der Waals surface area contributed by atoms with E-state index in [9.17, 15) is 22.8 Å². The summed E-state index contributed by atoms with van der Waals surface area (Å²) in [7, 11) is -3.48. The number of carbonyl (C=O) groups excluding carboxylic acids is 1. The number of aromatic amines is 1. The number of hydrogen-bond acceptors (Lipinski definition) is 6. The highest BCUT2D eigenvalue weighted by atomic mass is 32.2. The molecule has 1 aromatic carbocycles. The second-order valence-electron chi connectivity index (χ2n) is 8.39. The number of fused-ring (bicyclic) bond motifs is 1. The van der Waals surface area contributed by atoms with E-state index in [4.69, 9.17) is 0 Å². The Hall–Kier alpha value is -3.31. The molecule has 0 spiro atoms. The number of hydrogen-bond donors (Lipinski definition) is 2. The average molecular weight is 470 g/mol. The van der Waals surface area contributed by atoms with Crippen LogP contribution in [0.3, 0.4) is 0 Å². The number of aromatic nitrogens is 3. The molecule has 3 aromatic rings. The van der Waals surface area contributed by atoms with Crippen molar-refractivity contribution in [3.63, 3.8) is 0 Å². The molecule has 0 atom stereocenters. The topological polar surface area (TPSA) is 134 Å². The summed E-state index contributed by atoms with van der Waals surface area (Å²) in [6, 6.07) is 7.89. The van der Waals surface area contributed by atoms with Crippen LogP contribution in [0.25, 0.3) is 11.0 Å². The molecule has 1 saturated carbocycles. The first kappa shape index (κ1) is 21.5. The van der Waals surface area contributed by atoms with Crippen molar-refractivity contribution in [1.82, 2.24) is 24.2 Å². The summed E-state index contributed by atoms with van der Waals surface area (Å²) in [6.07, 6.45) is 4.79. The molecule has 10 nitrogen and oxygen atoms in total. The fraction of sp³-hybridized carbons (Fsp3) is 0.364. The summed E-state index contributed by atoms with van der Waals surface area (Å²) < 4.78 is 28.2. The van der Waals surface area contributed by atoms with Crippen molar-refractivity contribution in [2.45, 2.75) is 43.2 Å². The first-order chi connectivity index (χ1) is 15.8. The van der Waals surface area contributed by atoms with Gasteiger partial charge in [-0.15, -0.1) is 0 Å². The predicted octanol–water partition coefficient (Wildman–Crippen LogP) is 1.13. The highest BCUT2D eigenvalue weighted by Gasteiger charge is 2.28. The van der Waals surface area contributed by atoms with Gasteiger partial charge >= 0.3 is 5.69 Å². The molecule has 5 rings (SSSR count). The molecule has 2 fully saturated rings. The summed E-state index contributed by atoms with van der Waals surface area (Å²) in [6.45, 7) is 1.26. The average Bonchev–Trinajstić information content (AvgIpc) is 3.47. The van der Waals surface area contributed by atoms with E-state index in [-0.39, 0.29) is 34.1 Å². The van der Waals surface area contributed by atoms with Crippen molar-refractivity contribution < 1.29 is 13.2 Å². The minimum absolute atomic E-state index is 0.0290. The molecule has 0 radical (unpaired) electrons. The summed E-state index contributed by atoms with van der Waals surface area (Å²) >= 11 is 0. The molecule has 1 aliphatic heterocycles. The van der Waals surface area contributed by atoms with Gasteiger partial charge < -0.3 is 5.32 Å². The van der Waals surface area contributed by atoms with Gasteiger partial charge in [-0.3, -0.25) is 19.1 Å². The Morgan fingerprint density at radius 3 is 2.48 bits per heavy atom. The van der Waals surface area contributed by atoms with Gasteiger partial charge in [0.25, 0.3) is 11.5 Å². The van der Waals surface area contributed by atoms with E-state index in [1.54, 1.807) is 24.3 Å². The van der Waals surface area contributed by atoms with Gasteiger partial charge in [-0.2, -0.15) is 4.31 Å². The lowest BCUT2D eigenvalue weighted by atomic mass is 10.2. The number of H-pyrrole nitrogens is 1. The van der Waals surface area contributed by atoms with Crippen LogP contribution < -0.4 is 16.6 Å². The van der Waals surface area contributed by atoms with Gasteiger partial charge in [0.05, 0.1) is 15.8 Å². The van der Waals surface area contributed by atoms with E-state index < -0.39 is 27.2 Å². The van der Waals surface area contributed by atoms with Crippen molar-refractivity contribution in [3.05, 3.63) is 68.5 Å². The van der Waals surface area contributed by atoms with Crippen LogP contribution in [0.1, 0.15) is 47.6 Å². The maximum Gasteiger partial charge on any atom is 0.330 e. The Morgan fingerprint density at radius 1 is 1.12 bits per heavy atom. The fourth-order valence-corrected chi connectivity index (χ4v) is 5.59. The monoisotopic (exact) mass is 469 g/mol. The van der Waals surface area contributed by atoms with Crippen molar-refractivity contribution in [3.8, 4) is 0 Å². The van der Waals surface area contributed by atoms with Crippen LogP contribution in [-0.4, -0.2) is 46.3 Å². The first-order valence-electron chi connectivity index (χ1n) is 10.9. The number of nitrogens with one attached hydrogen (secondary N) is 2. The van der Waals surface area contributed by atoms with Gasteiger partial charge in [0.2, 0.25) is 10.0 Å². The van der Waals surface area contributed by atoms with Crippen molar-refractivity contribution in [2.75, 3.05) is 13.1 Å². The number of carbonyl (C=O) groups is 1. The summed E-state index contributed by atoms with van der Waals surface area (Å²) in [4.78, 5) is 43.8. The molecule has 2 aromatic heterocycles. The molecule has 1 amide bonds. The van der Waals surface area contributed by atoms with Crippen LogP contribution in [-0.2, 0) is 16.6 Å². The molecule has 3 heterocycles. The molecule has 11 heteroatoms. The number of rotatable bonds is 6. The van der Waals surface area contributed by atoms with Gasteiger partial charge in [0.1, 0.15) is 5.65 Å². The van der Waals surface area contributed by atoms with Gasteiger partial charge in [-0.25, -0.2) is 18.2 Å². The quantitative estimate of drug-likeness (QED) is 0.556. The lowest BCUT2D eigenvalue weighted by Crippen LogP contribution is -2.31. The van der Waals surface area contributed by atoms with Crippen LogP contribution in [0.15, 0.2) is 51.0 Å². The Kier molecular flexibility index (Phi) is 5.37. The SMILES string of the molecule is O=C(NCc1ccc(S(=O)(=O)N2CCCC2)cc1)c1cnc2c(c1)c(=O)[nH]c(=O)n2C1CC1. The standard InChI is InChI=1S/C22H23N5O5S/c28-20(15-11-18-19(23-13-15)27(16-5-6-16)22(30)25-21(18)29)24-12-14-3-7-17(8-4-14)33(31,32)26-9-1-2-10-26/h3-4,7-8,11,13,16H,1-2,5-6,9-10,12H2,(H,24,28)(H,25,29,30). The summed E-state index contributed by atoms with van der Waals surface area (Å²) in [5.41, 5.74) is 0.136. The third kappa shape index (κ3) is 4.09. The van der Waals surface area contributed by atoms with E-state index in [1.807, 2.05) is 0 Å². The molecular weight excluding hydrogens is 446 g/mol. The van der Waals surface area contributed by atoms with Crippen molar-refractivity contribution in [1.29, 1.82) is 0 Å². The Balaban J connectivity index is 1.31. The number of benzene rings is 1. The Morgan fingerprint density at radius 2 is 1.82 bits per heavy atom. The van der Waals surface area contributed by atoms with Crippen molar-refractivity contribution >= 4 is 27.0 Å². The van der Waals surface area contributed by atoms with Gasteiger partial charge in [-0.1, -0.05) is 12.1 Å². The third-order valence-electron chi connectivity index (χ3n) is 6.03. The molecule has 33 heavy (non-hydrogen) atoms. The van der Waals surface area contributed by atoms with E-state index >= 15 is 0 Å². The summed E-state index contributed by atoms with van der Waals surface area (Å²) in [5.74, 6) is -0.429. The number of pyridine rings is 1.